The molecule has 1 aromatic carbocycles. The zero-order chi connectivity index (χ0) is 16.7. The number of nitrogens with one attached hydrogen (secondary N) is 1. The molecule has 7 heteroatoms. The summed E-state index contributed by atoms with van der Waals surface area (Å²) in [4.78, 5) is 14.3. The number of hydrogen-bond donors (Lipinski definition) is 1. The molecule has 1 amide bonds. The molecule has 3 heterocycles. The zero-order valence-electron chi connectivity index (χ0n) is 13.7. The summed E-state index contributed by atoms with van der Waals surface area (Å²) in [6.07, 6.45) is 0. The number of amides is 1. The van der Waals surface area contributed by atoms with Gasteiger partial charge in [-0.05, 0) is 13.0 Å². The van der Waals surface area contributed by atoms with Gasteiger partial charge in [-0.15, -0.1) is 0 Å². The highest BCUT2D eigenvalue weighted by Gasteiger charge is 2.22. The van der Waals surface area contributed by atoms with Crippen molar-refractivity contribution >= 4 is 16.8 Å². The Morgan fingerprint density at radius 1 is 1.25 bits per heavy atom. The molecule has 124 valence electrons. The van der Waals surface area contributed by atoms with E-state index in [1.54, 1.807) is 11.0 Å². The third kappa shape index (κ3) is 2.46. The number of carbonyl (C=O) groups is 1. The van der Waals surface area contributed by atoms with Crippen LogP contribution in [0.25, 0.3) is 22.2 Å². The van der Waals surface area contributed by atoms with Crippen LogP contribution in [-0.2, 0) is 7.05 Å². The molecule has 7 nitrogen and oxygen atoms in total. The first-order valence-corrected chi connectivity index (χ1v) is 8.04. The first-order valence-electron chi connectivity index (χ1n) is 8.04. The lowest BCUT2D eigenvalue weighted by Crippen LogP contribution is -2.46. The Bertz CT molecular complexity index is 905. The second kappa shape index (κ2) is 5.76. The molecule has 1 saturated heterocycles. The summed E-state index contributed by atoms with van der Waals surface area (Å²) in [5.41, 5.74) is 3.26. The first-order chi connectivity index (χ1) is 11.6. The second-order valence-electron chi connectivity index (χ2n) is 6.06. The van der Waals surface area contributed by atoms with Crippen LogP contribution in [0.2, 0.25) is 0 Å². The standard InChI is InChI=1S/C17H19N5O2/c1-11-13-4-3-12(9-15(13)21(2)19-11)16-10-14(20-24-16)17(23)22-7-5-18-6-8-22/h3-4,9-10,18H,5-8H2,1-2H3. The molecule has 2 aromatic heterocycles. The van der Waals surface area contributed by atoms with E-state index < -0.39 is 0 Å². The summed E-state index contributed by atoms with van der Waals surface area (Å²) < 4.78 is 7.26. The van der Waals surface area contributed by atoms with Crippen molar-refractivity contribution in [3.63, 3.8) is 0 Å². The number of aromatic nitrogens is 3. The molecule has 3 aromatic rings. The lowest BCUT2D eigenvalue weighted by atomic mass is 10.1. The van der Waals surface area contributed by atoms with Gasteiger partial charge in [0.15, 0.2) is 11.5 Å². The Morgan fingerprint density at radius 2 is 2.04 bits per heavy atom. The molecule has 0 bridgehead atoms. The maximum absolute atomic E-state index is 12.5. The van der Waals surface area contributed by atoms with Crippen molar-refractivity contribution in [1.82, 2.24) is 25.2 Å². The van der Waals surface area contributed by atoms with Gasteiger partial charge in [0.1, 0.15) is 0 Å². The minimum atomic E-state index is -0.0797. The molecule has 0 radical (unpaired) electrons. The van der Waals surface area contributed by atoms with Crippen LogP contribution in [-0.4, -0.2) is 51.9 Å². The van der Waals surface area contributed by atoms with Crippen LogP contribution in [0.1, 0.15) is 16.2 Å². The normalized spacial score (nSPS) is 15.2. The quantitative estimate of drug-likeness (QED) is 0.774. The Morgan fingerprint density at radius 3 is 2.83 bits per heavy atom. The summed E-state index contributed by atoms with van der Waals surface area (Å²) in [7, 11) is 1.92. The zero-order valence-corrected chi connectivity index (χ0v) is 13.7. The van der Waals surface area contributed by atoms with E-state index >= 15 is 0 Å². The summed E-state index contributed by atoms with van der Waals surface area (Å²) in [5, 5.41) is 12.7. The van der Waals surface area contributed by atoms with Crippen LogP contribution in [0.15, 0.2) is 28.8 Å². The van der Waals surface area contributed by atoms with Gasteiger partial charge in [-0.25, -0.2) is 0 Å². The molecule has 0 saturated carbocycles. The van der Waals surface area contributed by atoms with Crippen LogP contribution in [0, 0.1) is 6.92 Å². The lowest BCUT2D eigenvalue weighted by molar-refractivity contribution is 0.0725. The van der Waals surface area contributed by atoms with Gasteiger partial charge in [0.2, 0.25) is 0 Å². The number of aryl methyl sites for hydroxylation is 2. The van der Waals surface area contributed by atoms with E-state index in [9.17, 15) is 4.79 Å². The molecule has 0 unspecified atom stereocenters. The highest BCUT2D eigenvalue weighted by Crippen LogP contribution is 2.26. The lowest BCUT2D eigenvalue weighted by Gasteiger charge is -2.26. The molecule has 0 spiro atoms. The Balaban J connectivity index is 1.64. The molecular formula is C17H19N5O2. The van der Waals surface area contributed by atoms with Crippen molar-refractivity contribution in [3.05, 3.63) is 35.7 Å². The third-order valence-electron chi connectivity index (χ3n) is 4.45. The second-order valence-corrected chi connectivity index (χ2v) is 6.06. The summed E-state index contributed by atoms with van der Waals surface area (Å²) >= 11 is 0. The largest absolute Gasteiger partial charge is 0.355 e. The van der Waals surface area contributed by atoms with Crippen LogP contribution in [0.3, 0.4) is 0 Å². The topological polar surface area (TPSA) is 76.2 Å². The van der Waals surface area contributed by atoms with E-state index in [1.807, 2.05) is 36.9 Å². The van der Waals surface area contributed by atoms with Gasteiger partial charge in [0.25, 0.3) is 5.91 Å². The molecule has 1 aliphatic rings. The molecule has 0 aliphatic carbocycles. The van der Waals surface area contributed by atoms with Gasteiger partial charge >= 0.3 is 0 Å². The Kier molecular flexibility index (Phi) is 3.57. The van der Waals surface area contributed by atoms with Crippen molar-refractivity contribution in [2.24, 2.45) is 7.05 Å². The molecule has 1 N–H and O–H groups in total. The maximum atomic E-state index is 12.5. The van der Waals surface area contributed by atoms with E-state index in [0.717, 1.165) is 35.2 Å². The summed E-state index contributed by atoms with van der Waals surface area (Å²) in [5.74, 6) is 0.512. The highest BCUT2D eigenvalue weighted by atomic mass is 16.5. The van der Waals surface area contributed by atoms with E-state index in [2.05, 4.69) is 15.6 Å². The Hall–Kier alpha value is -2.67. The van der Waals surface area contributed by atoms with Gasteiger partial charge in [-0.2, -0.15) is 5.10 Å². The number of hydrogen-bond acceptors (Lipinski definition) is 5. The number of nitrogens with zero attached hydrogens (tertiary/aromatic N) is 4. The summed E-state index contributed by atoms with van der Waals surface area (Å²) in [6.45, 7) is 5.00. The molecule has 1 fully saturated rings. The molecule has 24 heavy (non-hydrogen) atoms. The average molecular weight is 325 g/mol. The van der Waals surface area contributed by atoms with Crippen molar-refractivity contribution in [1.29, 1.82) is 0 Å². The van der Waals surface area contributed by atoms with E-state index in [-0.39, 0.29) is 5.91 Å². The Labute approximate surface area is 139 Å². The van der Waals surface area contributed by atoms with Crippen LogP contribution in [0.5, 0.6) is 0 Å². The van der Waals surface area contributed by atoms with Crippen LogP contribution >= 0.6 is 0 Å². The fourth-order valence-electron chi connectivity index (χ4n) is 3.13. The number of piperazine rings is 1. The van der Waals surface area contributed by atoms with Crippen molar-refractivity contribution in [3.8, 4) is 11.3 Å². The predicted molar refractivity (Wildman–Crippen MR) is 89.7 cm³/mol. The van der Waals surface area contributed by atoms with Gasteiger partial charge < -0.3 is 14.7 Å². The van der Waals surface area contributed by atoms with Crippen molar-refractivity contribution in [2.45, 2.75) is 6.92 Å². The van der Waals surface area contributed by atoms with E-state index in [4.69, 9.17) is 4.52 Å². The number of fused-ring (bicyclic) bond motifs is 1. The SMILES string of the molecule is Cc1nn(C)c2cc(-c3cc(C(=O)N4CCNCC4)no3)ccc12. The minimum absolute atomic E-state index is 0.0797. The van der Waals surface area contributed by atoms with Crippen molar-refractivity contribution in [2.75, 3.05) is 26.2 Å². The molecular weight excluding hydrogens is 306 g/mol. The fourth-order valence-corrected chi connectivity index (χ4v) is 3.13. The molecule has 0 atom stereocenters. The van der Waals surface area contributed by atoms with Crippen LogP contribution < -0.4 is 5.32 Å². The van der Waals surface area contributed by atoms with Gasteiger partial charge in [0.05, 0.1) is 11.2 Å². The number of benzene rings is 1. The smallest absolute Gasteiger partial charge is 0.276 e. The first kappa shape index (κ1) is 14.9. The van der Waals surface area contributed by atoms with E-state index in [1.165, 1.54) is 0 Å². The number of rotatable bonds is 2. The van der Waals surface area contributed by atoms with E-state index in [0.29, 0.717) is 24.5 Å². The number of carbonyl (C=O) groups excluding carboxylic acids is 1. The van der Waals surface area contributed by atoms with Crippen LogP contribution in [0.4, 0.5) is 0 Å². The monoisotopic (exact) mass is 325 g/mol. The third-order valence-corrected chi connectivity index (χ3v) is 4.45. The highest BCUT2D eigenvalue weighted by molar-refractivity contribution is 5.93. The predicted octanol–water partition coefficient (Wildman–Crippen LogP) is 1.58. The maximum Gasteiger partial charge on any atom is 0.276 e. The molecule has 1 aliphatic heterocycles. The minimum Gasteiger partial charge on any atom is -0.355 e. The average Bonchev–Trinajstić information content (AvgIpc) is 3.21. The van der Waals surface area contributed by atoms with Crippen molar-refractivity contribution < 1.29 is 9.32 Å². The van der Waals surface area contributed by atoms with Gasteiger partial charge in [-0.3, -0.25) is 9.48 Å². The van der Waals surface area contributed by atoms with Gasteiger partial charge in [0, 0.05) is 50.2 Å². The fraction of sp³-hybridized carbons (Fsp3) is 0.353. The molecule has 4 rings (SSSR count). The van der Waals surface area contributed by atoms with Gasteiger partial charge in [-0.1, -0.05) is 17.3 Å². The summed E-state index contributed by atoms with van der Waals surface area (Å²) in [6, 6.07) is 7.72.